The van der Waals surface area contributed by atoms with E-state index in [9.17, 15) is 14.3 Å². The summed E-state index contributed by atoms with van der Waals surface area (Å²) < 4.78 is 40.6. The van der Waals surface area contributed by atoms with Crippen LogP contribution in [0.5, 0.6) is 0 Å². The number of allylic oxidation sites excluding steroid dienone is 6. The van der Waals surface area contributed by atoms with Crippen molar-refractivity contribution in [1.29, 1.82) is 0 Å². The molecule has 3 unspecified atom stereocenters. The monoisotopic (exact) mass is 811 g/mol. The summed E-state index contributed by atoms with van der Waals surface area (Å²) in [6.07, 6.45) is 45.4. The second-order valence-electron chi connectivity index (χ2n) is 16.5. The molecule has 4 atom stereocenters. The van der Waals surface area contributed by atoms with E-state index in [1.807, 2.05) is 27.2 Å². The molecule has 326 valence electrons. The zero-order valence-corrected chi connectivity index (χ0v) is 37.5. The molecule has 1 N–H and O–H groups in total. The molecule has 1 heterocycles. The normalized spacial score (nSPS) is 17.8. The number of phosphoric ester groups is 1. The highest BCUT2D eigenvalue weighted by Gasteiger charge is 2.36. The molecule has 56 heavy (non-hydrogen) atoms. The highest BCUT2D eigenvalue weighted by molar-refractivity contribution is 7.47. The van der Waals surface area contributed by atoms with Gasteiger partial charge in [-0.2, -0.15) is 0 Å². The molecule has 0 aromatic carbocycles. The number of hydrogen-bond acceptors (Lipinski definition) is 7. The number of carbonyl (C=O) groups excluding carboxylic acids is 1. The van der Waals surface area contributed by atoms with Gasteiger partial charge in [0, 0.05) is 6.42 Å². The lowest BCUT2D eigenvalue weighted by Gasteiger charge is -2.24. The van der Waals surface area contributed by atoms with E-state index in [2.05, 4.69) is 50.3 Å². The number of carbonyl (C=O) groups is 1. The number of unbranched alkanes of at least 4 members (excludes halogenated alkanes) is 17. The Labute approximate surface area is 343 Å². The van der Waals surface area contributed by atoms with Gasteiger partial charge in [0.05, 0.1) is 46.2 Å². The third kappa shape index (κ3) is 35.4. The molecular weight excluding hydrogens is 725 g/mol. The zero-order valence-electron chi connectivity index (χ0n) is 36.6. The van der Waals surface area contributed by atoms with Crippen LogP contribution in [-0.4, -0.2) is 81.2 Å². The van der Waals surface area contributed by atoms with Gasteiger partial charge in [-0.3, -0.25) is 13.8 Å². The fraction of sp³-hybridized carbons (Fsp3) is 0.804. The molecule has 0 aliphatic carbocycles. The minimum absolute atomic E-state index is 0.0188. The van der Waals surface area contributed by atoms with Crippen molar-refractivity contribution in [3.05, 3.63) is 48.8 Å². The Morgan fingerprint density at radius 3 is 1.84 bits per heavy atom. The average molecular weight is 811 g/mol. The summed E-state index contributed by atoms with van der Waals surface area (Å²) in [5, 5.41) is 0. The lowest BCUT2D eigenvalue weighted by molar-refractivity contribution is -0.870. The van der Waals surface area contributed by atoms with Crippen molar-refractivity contribution in [3.63, 3.8) is 0 Å². The van der Waals surface area contributed by atoms with Crippen LogP contribution in [0.2, 0.25) is 0 Å². The third-order valence-corrected chi connectivity index (χ3v) is 10.9. The molecule has 0 spiro atoms. The van der Waals surface area contributed by atoms with E-state index in [-0.39, 0.29) is 38.4 Å². The maximum Gasteiger partial charge on any atom is 0.472 e. The highest BCUT2D eigenvalue weighted by atomic mass is 31.2. The van der Waals surface area contributed by atoms with Crippen molar-refractivity contribution in [2.45, 2.75) is 193 Å². The van der Waals surface area contributed by atoms with Crippen LogP contribution < -0.4 is 0 Å². The number of quaternary nitrogens is 1. The first-order chi connectivity index (χ1) is 27.1. The zero-order chi connectivity index (χ0) is 41.0. The van der Waals surface area contributed by atoms with Gasteiger partial charge < -0.3 is 23.6 Å². The van der Waals surface area contributed by atoms with Gasteiger partial charge in [0.15, 0.2) is 6.10 Å². The van der Waals surface area contributed by atoms with Gasteiger partial charge in [0.25, 0.3) is 0 Å². The van der Waals surface area contributed by atoms with Crippen molar-refractivity contribution in [3.8, 4) is 0 Å². The van der Waals surface area contributed by atoms with Crippen LogP contribution in [0.1, 0.15) is 174 Å². The second-order valence-corrected chi connectivity index (χ2v) is 18.0. The van der Waals surface area contributed by atoms with Crippen LogP contribution in [0, 0.1) is 0 Å². The molecule has 1 rings (SSSR count). The van der Waals surface area contributed by atoms with Crippen LogP contribution in [0.3, 0.4) is 0 Å². The predicted octanol–water partition coefficient (Wildman–Crippen LogP) is 12.5. The van der Waals surface area contributed by atoms with E-state index in [0.717, 1.165) is 38.5 Å². The van der Waals surface area contributed by atoms with E-state index in [0.29, 0.717) is 17.4 Å². The molecule has 0 radical (unpaired) electrons. The quantitative estimate of drug-likeness (QED) is 0.0124. The summed E-state index contributed by atoms with van der Waals surface area (Å²) in [6, 6.07) is 0. The van der Waals surface area contributed by atoms with Crippen molar-refractivity contribution in [2.24, 2.45) is 0 Å². The molecular formula is C46H85NO8P+. The number of hydrogen-bond donors (Lipinski definition) is 1. The molecule has 1 fully saturated rings. The Morgan fingerprint density at radius 2 is 1.21 bits per heavy atom. The number of nitrogens with zero attached hydrogens (tertiary/aromatic N) is 1. The van der Waals surface area contributed by atoms with Crippen LogP contribution in [0.4, 0.5) is 0 Å². The number of likely N-dealkylation sites (N-methyl/N-ethyl adjacent to an activating group) is 1. The van der Waals surface area contributed by atoms with Gasteiger partial charge in [-0.25, -0.2) is 4.57 Å². The SMILES string of the molecule is CCCCC/C=C\C/C=C\C/C=C\CC1OC1CCCC(=O)O[C@H](CO/C=C/CCCCCCCCCCCCCCCC)COP(=O)(O)OCC[N+](C)(C)C. The van der Waals surface area contributed by atoms with Crippen molar-refractivity contribution in [2.75, 3.05) is 47.5 Å². The Hall–Kier alpha value is -1.74. The van der Waals surface area contributed by atoms with Crippen LogP contribution in [0.25, 0.3) is 0 Å². The lowest BCUT2D eigenvalue weighted by atomic mass is 10.0. The first-order valence-electron chi connectivity index (χ1n) is 22.5. The molecule has 0 bridgehead atoms. The molecule has 0 saturated carbocycles. The third-order valence-electron chi connectivity index (χ3n) is 9.88. The fourth-order valence-corrected chi connectivity index (χ4v) is 6.99. The van der Waals surface area contributed by atoms with E-state index in [1.54, 1.807) is 6.26 Å². The Bertz CT molecular complexity index is 1100. The van der Waals surface area contributed by atoms with Gasteiger partial charge in [0.2, 0.25) is 0 Å². The minimum Gasteiger partial charge on any atom is -0.498 e. The lowest BCUT2D eigenvalue weighted by Crippen LogP contribution is -2.37. The maximum absolute atomic E-state index is 12.8. The maximum atomic E-state index is 12.8. The largest absolute Gasteiger partial charge is 0.498 e. The molecule has 1 aliphatic rings. The van der Waals surface area contributed by atoms with Gasteiger partial charge >= 0.3 is 13.8 Å². The number of epoxide rings is 1. The van der Waals surface area contributed by atoms with Crippen LogP contribution in [-0.2, 0) is 32.6 Å². The first-order valence-corrected chi connectivity index (χ1v) is 24.0. The van der Waals surface area contributed by atoms with E-state index < -0.39 is 19.9 Å². The minimum atomic E-state index is -4.32. The van der Waals surface area contributed by atoms with Crippen molar-refractivity contribution in [1.82, 2.24) is 0 Å². The van der Waals surface area contributed by atoms with E-state index >= 15 is 0 Å². The summed E-state index contributed by atoms with van der Waals surface area (Å²) in [5.74, 6) is -0.396. The van der Waals surface area contributed by atoms with Crippen LogP contribution >= 0.6 is 7.82 Å². The standard InChI is InChI=1S/C46H84NO8P/c1-6-8-10-12-14-16-18-20-21-22-23-25-27-29-31-33-39-51-41-43(42-53-56(49,50)52-40-38-47(3,4)5)54-46(48)37-34-36-45-44(55-45)35-32-30-28-26-24-19-17-15-13-11-9-7-2/h15,17,24,26,30,32-33,39,43-45H,6-14,16,18-23,25,27-29,31,34-38,40-42H2,1-5H3/p+1/b17-15-,26-24-,32-30-,39-33+/t43-,44?,45?/m1/s1. The Kier molecular flexibility index (Phi) is 32.9. The molecule has 0 aromatic heterocycles. The molecule has 1 saturated heterocycles. The van der Waals surface area contributed by atoms with Gasteiger partial charge in [-0.15, -0.1) is 0 Å². The van der Waals surface area contributed by atoms with Crippen molar-refractivity contribution >= 4 is 13.8 Å². The van der Waals surface area contributed by atoms with Crippen LogP contribution in [0.15, 0.2) is 48.8 Å². The van der Waals surface area contributed by atoms with E-state index in [4.69, 9.17) is 23.3 Å². The number of ether oxygens (including phenoxy) is 3. The van der Waals surface area contributed by atoms with Gasteiger partial charge in [-0.05, 0) is 63.9 Å². The average Bonchev–Trinajstić information content (AvgIpc) is 3.90. The number of rotatable bonds is 40. The molecule has 0 aromatic rings. The second kappa shape index (κ2) is 35.2. The Morgan fingerprint density at radius 1 is 0.679 bits per heavy atom. The van der Waals surface area contributed by atoms with E-state index in [1.165, 1.54) is 109 Å². The summed E-state index contributed by atoms with van der Waals surface area (Å²) >= 11 is 0. The van der Waals surface area contributed by atoms with Gasteiger partial charge in [0.1, 0.15) is 19.8 Å². The summed E-state index contributed by atoms with van der Waals surface area (Å²) in [5.41, 5.74) is 0. The molecule has 0 amide bonds. The summed E-state index contributed by atoms with van der Waals surface area (Å²) in [7, 11) is 1.59. The molecule has 1 aliphatic heterocycles. The van der Waals surface area contributed by atoms with Gasteiger partial charge in [-0.1, -0.05) is 147 Å². The first kappa shape index (κ1) is 52.3. The molecule has 10 heteroatoms. The predicted molar refractivity (Wildman–Crippen MR) is 232 cm³/mol. The topological polar surface area (TPSA) is 104 Å². The summed E-state index contributed by atoms with van der Waals surface area (Å²) in [4.78, 5) is 23.0. The van der Waals surface area contributed by atoms with Crippen molar-refractivity contribution < 1.29 is 42.0 Å². The Balaban J connectivity index is 2.30. The number of phosphoric acid groups is 1. The number of esters is 1. The smallest absolute Gasteiger partial charge is 0.472 e. The fourth-order valence-electron chi connectivity index (χ4n) is 6.25. The highest BCUT2D eigenvalue weighted by Crippen LogP contribution is 2.43. The molecule has 9 nitrogen and oxygen atoms in total. The summed E-state index contributed by atoms with van der Waals surface area (Å²) in [6.45, 7) is 4.82.